The number of carbonyl (C=O) groups is 1. The minimum Gasteiger partial charge on any atom is -0.322 e. The number of benzene rings is 1. The molecule has 0 fully saturated rings. The van der Waals surface area contributed by atoms with Crippen LogP contribution in [0.4, 0.5) is 5.69 Å². The van der Waals surface area contributed by atoms with Crippen molar-refractivity contribution in [1.82, 2.24) is 9.29 Å². The van der Waals surface area contributed by atoms with Gasteiger partial charge in [-0.2, -0.15) is 4.31 Å². The van der Waals surface area contributed by atoms with E-state index < -0.39 is 10.0 Å². The van der Waals surface area contributed by atoms with E-state index >= 15 is 0 Å². The Hall–Kier alpha value is -2.55. The highest BCUT2D eigenvalue weighted by atomic mass is 32.2. The molecule has 6 nitrogen and oxygen atoms in total. The van der Waals surface area contributed by atoms with E-state index in [2.05, 4.69) is 10.3 Å². The maximum atomic E-state index is 13.0. The molecule has 0 aliphatic carbocycles. The molecule has 0 bridgehead atoms. The Labute approximate surface area is 161 Å². The molecule has 8 heteroatoms. The van der Waals surface area contributed by atoms with Crippen molar-refractivity contribution in [1.29, 1.82) is 0 Å². The van der Waals surface area contributed by atoms with Gasteiger partial charge in [-0.3, -0.25) is 9.78 Å². The highest BCUT2D eigenvalue weighted by Crippen LogP contribution is 2.28. The maximum Gasteiger partial charge on any atom is 0.256 e. The van der Waals surface area contributed by atoms with Crippen molar-refractivity contribution in [2.45, 2.75) is 17.2 Å². The molecule has 138 valence electrons. The smallest absolute Gasteiger partial charge is 0.256 e. The quantitative estimate of drug-likeness (QED) is 0.731. The molecule has 0 saturated heterocycles. The number of aromatic nitrogens is 1. The van der Waals surface area contributed by atoms with Gasteiger partial charge in [-0.1, -0.05) is 24.3 Å². The first kappa shape index (κ1) is 17.8. The second kappa shape index (κ2) is 7.22. The van der Waals surface area contributed by atoms with Crippen molar-refractivity contribution in [3.8, 4) is 0 Å². The minimum absolute atomic E-state index is 0.182. The fourth-order valence-corrected chi connectivity index (χ4v) is 5.74. The van der Waals surface area contributed by atoms with E-state index in [0.29, 0.717) is 30.8 Å². The molecular weight excluding hydrogens is 382 g/mol. The molecule has 0 radical (unpaired) electrons. The third-order valence-corrected chi connectivity index (χ3v) is 7.73. The van der Waals surface area contributed by atoms with Crippen molar-refractivity contribution in [2.24, 2.45) is 0 Å². The number of fused-ring (bicyclic) bond motifs is 1. The standard InChI is InChI=1S/C19H17N3O3S2/c23-19(21-17-5-8-20-9-6-17)16-11-18(26-13-16)27(24,25)22-10-7-14-3-1-2-4-15(14)12-22/h1-6,8-9,11,13H,7,10,12H2,(H,20,21,23). The zero-order valence-electron chi connectivity index (χ0n) is 14.3. The van der Waals surface area contributed by atoms with Crippen LogP contribution in [-0.2, 0) is 23.0 Å². The van der Waals surface area contributed by atoms with Crippen LogP contribution in [0.25, 0.3) is 0 Å². The molecule has 4 rings (SSSR count). The van der Waals surface area contributed by atoms with Crippen molar-refractivity contribution < 1.29 is 13.2 Å². The number of nitrogens with one attached hydrogen (secondary N) is 1. The van der Waals surface area contributed by atoms with Crippen LogP contribution in [0.3, 0.4) is 0 Å². The van der Waals surface area contributed by atoms with Crippen molar-refractivity contribution >= 4 is 33.0 Å². The van der Waals surface area contributed by atoms with Crippen LogP contribution in [0.1, 0.15) is 21.5 Å². The summed E-state index contributed by atoms with van der Waals surface area (Å²) in [5.74, 6) is -0.345. The van der Waals surface area contributed by atoms with E-state index in [9.17, 15) is 13.2 Å². The molecule has 0 atom stereocenters. The molecule has 27 heavy (non-hydrogen) atoms. The van der Waals surface area contributed by atoms with Crippen LogP contribution >= 0.6 is 11.3 Å². The fourth-order valence-electron chi connectivity index (χ4n) is 3.01. The molecule has 1 N–H and O–H groups in total. The van der Waals surface area contributed by atoms with Crippen LogP contribution < -0.4 is 5.32 Å². The Kier molecular flexibility index (Phi) is 4.77. The number of hydrogen-bond acceptors (Lipinski definition) is 5. The lowest BCUT2D eigenvalue weighted by Gasteiger charge is -2.27. The average Bonchev–Trinajstić information content (AvgIpc) is 3.20. The SMILES string of the molecule is O=C(Nc1ccncc1)c1csc(S(=O)(=O)N2CCc3ccccc3C2)c1. The summed E-state index contributed by atoms with van der Waals surface area (Å²) in [4.78, 5) is 16.3. The van der Waals surface area contributed by atoms with Gasteiger partial charge in [0.25, 0.3) is 15.9 Å². The topological polar surface area (TPSA) is 79.4 Å². The van der Waals surface area contributed by atoms with Gasteiger partial charge in [0.15, 0.2) is 0 Å². The number of carbonyl (C=O) groups excluding carboxylic acids is 1. The second-order valence-corrected chi connectivity index (χ2v) is 9.28. The van der Waals surface area contributed by atoms with Crippen LogP contribution in [0.5, 0.6) is 0 Å². The minimum atomic E-state index is -3.63. The van der Waals surface area contributed by atoms with Gasteiger partial charge in [-0.05, 0) is 35.7 Å². The summed E-state index contributed by atoms with van der Waals surface area (Å²) < 4.78 is 27.6. The molecule has 3 aromatic rings. The number of nitrogens with zero attached hydrogens (tertiary/aromatic N) is 2. The lowest BCUT2D eigenvalue weighted by atomic mass is 10.0. The zero-order valence-corrected chi connectivity index (χ0v) is 16.0. The van der Waals surface area contributed by atoms with E-state index in [1.54, 1.807) is 29.9 Å². The molecule has 2 aromatic heterocycles. The van der Waals surface area contributed by atoms with Gasteiger partial charge in [0, 0.05) is 36.6 Å². The van der Waals surface area contributed by atoms with E-state index in [4.69, 9.17) is 0 Å². The van der Waals surface area contributed by atoms with Crippen LogP contribution in [0.2, 0.25) is 0 Å². The number of rotatable bonds is 4. The summed E-state index contributed by atoms with van der Waals surface area (Å²) in [7, 11) is -3.63. The van der Waals surface area contributed by atoms with Gasteiger partial charge in [-0.25, -0.2) is 8.42 Å². The van der Waals surface area contributed by atoms with Crippen molar-refractivity contribution in [3.63, 3.8) is 0 Å². The first-order chi connectivity index (χ1) is 13.0. The molecular formula is C19H17N3O3S2. The van der Waals surface area contributed by atoms with Gasteiger partial charge in [0.1, 0.15) is 4.21 Å². The highest BCUT2D eigenvalue weighted by Gasteiger charge is 2.30. The Morgan fingerprint density at radius 3 is 2.63 bits per heavy atom. The molecule has 1 aliphatic heterocycles. The van der Waals surface area contributed by atoms with E-state index in [-0.39, 0.29) is 10.1 Å². The predicted molar refractivity (Wildman–Crippen MR) is 104 cm³/mol. The van der Waals surface area contributed by atoms with E-state index in [0.717, 1.165) is 16.9 Å². The summed E-state index contributed by atoms with van der Waals surface area (Å²) in [6.45, 7) is 0.796. The molecule has 1 amide bonds. The Balaban J connectivity index is 1.53. The van der Waals surface area contributed by atoms with Crippen LogP contribution in [0.15, 0.2) is 64.4 Å². The molecule has 0 unspecified atom stereocenters. The Bertz CT molecular complexity index is 1080. The number of pyridine rings is 1. The normalized spacial score (nSPS) is 14.5. The van der Waals surface area contributed by atoms with Gasteiger partial charge in [-0.15, -0.1) is 11.3 Å². The predicted octanol–water partition coefficient (Wildman–Crippen LogP) is 3.14. The molecule has 0 spiro atoms. The maximum absolute atomic E-state index is 13.0. The zero-order chi connectivity index (χ0) is 18.9. The van der Waals surface area contributed by atoms with Gasteiger partial charge >= 0.3 is 0 Å². The van der Waals surface area contributed by atoms with Crippen molar-refractivity contribution in [2.75, 3.05) is 11.9 Å². The average molecular weight is 399 g/mol. The summed E-state index contributed by atoms with van der Waals surface area (Å²) in [6.07, 6.45) is 3.84. The molecule has 1 aliphatic rings. The first-order valence-corrected chi connectivity index (χ1v) is 10.7. The largest absolute Gasteiger partial charge is 0.322 e. The third kappa shape index (κ3) is 3.64. The Morgan fingerprint density at radius 2 is 1.85 bits per heavy atom. The number of sulfonamides is 1. The second-order valence-electron chi connectivity index (χ2n) is 6.20. The first-order valence-electron chi connectivity index (χ1n) is 8.41. The van der Waals surface area contributed by atoms with Crippen LogP contribution in [-0.4, -0.2) is 30.2 Å². The number of anilines is 1. The van der Waals surface area contributed by atoms with Gasteiger partial charge in [0.2, 0.25) is 0 Å². The Morgan fingerprint density at radius 1 is 1.11 bits per heavy atom. The van der Waals surface area contributed by atoms with Gasteiger partial charge in [0.05, 0.1) is 5.56 Å². The summed E-state index contributed by atoms with van der Waals surface area (Å²) in [5.41, 5.74) is 3.15. The lowest BCUT2D eigenvalue weighted by molar-refractivity contribution is 0.102. The van der Waals surface area contributed by atoms with Crippen LogP contribution in [0, 0.1) is 0 Å². The number of thiophene rings is 1. The monoisotopic (exact) mass is 399 g/mol. The van der Waals surface area contributed by atoms with Gasteiger partial charge < -0.3 is 5.32 Å². The highest BCUT2D eigenvalue weighted by molar-refractivity contribution is 7.91. The summed E-state index contributed by atoms with van der Waals surface area (Å²) in [6, 6.07) is 12.7. The molecule has 0 saturated carbocycles. The molecule has 1 aromatic carbocycles. The summed E-state index contributed by atoms with van der Waals surface area (Å²) >= 11 is 1.07. The van der Waals surface area contributed by atoms with Crippen molar-refractivity contribution in [3.05, 3.63) is 76.9 Å². The number of amides is 1. The lowest BCUT2D eigenvalue weighted by Crippen LogP contribution is -2.35. The van der Waals surface area contributed by atoms with E-state index in [1.165, 1.54) is 15.9 Å². The third-order valence-electron chi connectivity index (χ3n) is 4.47. The number of hydrogen-bond donors (Lipinski definition) is 1. The summed E-state index contributed by atoms with van der Waals surface area (Å²) in [5, 5.41) is 4.31. The molecule has 3 heterocycles. The van der Waals surface area contributed by atoms with E-state index in [1.807, 2.05) is 24.3 Å². The fraction of sp³-hybridized carbons (Fsp3) is 0.158.